The molecule has 2 aliphatic heterocycles. The maximum absolute atomic E-state index is 12.3. The van der Waals surface area contributed by atoms with Gasteiger partial charge in [0.15, 0.2) is 0 Å². The predicted molar refractivity (Wildman–Crippen MR) is 84.3 cm³/mol. The summed E-state index contributed by atoms with van der Waals surface area (Å²) < 4.78 is 5.19. The van der Waals surface area contributed by atoms with Crippen LogP contribution >= 0.6 is 0 Å². The van der Waals surface area contributed by atoms with Gasteiger partial charge in [0.1, 0.15) is 0 Å². The Morgan fingerprint density at radius 3 is 2.91 bits per heavy atom. The van der Waals surface area contributed by atoms with Crippen LogP contribution in [0.1, 0.15) is 31.2 Å². The highest BCUT2D eigenvalue weighted by Crippen LogP contribution is 2.38. The molecule has 0 bridgehead atoms. The van der Waals surface area contributed by atoms with E-state index in [0.717, 1.165) is 45.4 Å². The molecule has 0 saturated carbocycles. The fourth-order valence-corrected chi connectivity index (χ4v) is 3.93. The van der Waals surface area contributed by atoms with Crippen molar-refractivity contribution in [2.24, 2.45) is 0 Å². The molecule has 3 rings (SSSR count). The molecule has 0 radical (unpaired) electrons. The Morgan fingerprint density at radius 2 is 2.14 bits per heavy atom. The minimum Gasteiger partial charge on any atom is -0.383 e. The summed E-state index contributed by atoms with van der Waals surface area (Å²) in [5, 5.41) is 0. The van der Waals surface area contributed by atoms with Gasteiger partial charge in [0.05, 0.1) is 12.1 Å². The Bertz CT molecular complexity index is 508. The number of hydrogen-bond acceptors (Lipinski definition) is 4. The number of aromatic nitrogens is 1. The first kappa shape index (κ1) is 15.4. The molecule has 22 heavy (non-hydrogen) atoms. The van der Waals surface area contributed by atoms with Gasteiger partial charge in [-0.1, -0.05) is 0 Å². The third-order valence-corrected chi connectivity index (χ3v) is 4.99. The molecule has 2 saturated heterocycles. The van der Waals surface area contributed by atoms with Gasteiger partial charge in [0.2, 0.25) is 5.91 Å². The second-order valence-electron chi connectivity index (χ2n) is 6.43. The largest absolute Gasteiger partial charge is 0.383 e. The standard InChI is InChI=1S/C17H25N3O2/c1-22-12-11-20-16(21)3-7-17(20)6-2-10-19(14-17)13-15-4-8-18-9-5-15/h4-5,8-9H,2-3,6-7,10-14H2,1H3. The molecule has 5 heteroatoms. The van der Waals surface area contributed by atoms with Crippen molar-refractivity contribution >= 4 is 5.91 Å². The topological polar surface area (TPSA) is 45.7 Å². The van der Waals surface area contributed by atoms with Crippen molar-refractivity contribution in [3.63, 3.8) is 0 Å². The third-order valence-electron chi connectivity index (χ3n) is 4.99. The van der Waals surface area contributed by atoms with Crippen LogP contribution in [0.15, 0.2) is 24.5 Å². The molecule has 1 atom stereocenters. The lowest BCUT2D eigenvalue weighted by Crippen LogP contribution is -2.57. The maximum atomic E-state index is 12.3. The van der Waals surface area contributed by atoms with E-state index in [4.69, 9.17) is 4.74 Å². The van der Waals surface area contributed by atoms with Crippen molar-refractivity contribution < 1.29 is 9.53 Å². The fraction of sp³-hybridized carbons (Fsp3) is 0.647. The van der Waals surface area contributed by atoms with Gasteiger partial charge in [-0.3, -0.25) is 14.7 Å². The van der Waals surface area contributed by atoms with Gasteiger partial charge in [-0.25, -0.2) is 0 Å². The number of rotatable bonds is 5. The molecule has 1 aromatic heterocycles. The minimum absolute atomic E-state index is 0.0287. The summed E-state index contributed by atoms with van der Waals surface area (Å²) in [6.45, 7) is 4.37. The van der Waals surface area contributed by atoms with E-state index in [1.165, 1.54) is 5.56 Å². The zero-order valence-corrected chi connectivity index (χ0v) is 13.3. The number of pyridine rings is 1. The van der Waals surface area contributed by atoms with Gasteiger partial charge in [-0.2, -0.15) is 0 Å². The molecule has 1 aromatic rings. The van der Waals surface area contributed by atoms with Crippen LogP contribution < -0.4 is 0 Å². The number of piperidine rings is 1. The Balaban J connectivity index is 1.69. The number of hydrogen-bond donors (Lipinski definition) is 0. The van der Waals surface area contributed by atoms with Crippen LogP contribution in [-0.4, -0.2) is 59.6 Å². The molecule has 1 amide bonds. The van der Waals surface area contributed by atoms with Gasteiger partial charge in [0, 0.05) is 45.6 Å². The van der Waals surface area contributed by atoms with Crippen molar-refractivity contribution in [2.75, 3.05) is 33.4 Å². The maximum Gasteiger partial charge on any atom is 0.223 e. The molecule has 0 N–H and O–H groups in total. The Labute approximate surface area is 132 Å². The van der Waals surface area contributed by atoms with Crippen molar-refractivity contribution in [1.82, 2.24) is 14.8 Å². The van der Waals surface area contributed by atoms with Crippen molar-refractivity contribution in [2.45, 2.75) is 37.8 Å². The molecule has 0 aromatic carbocycles. The van der Waals surface area contributed by atoms with E-state index in [2.05, 4.69) is 26.9 Å². The van der Waals surface area contributed by atoms with Crippen molar-refractivity contribution in [3.05, 3.63) is 30.1 Å². The summed E-state index contributed by atoms with van der Waals surface area (Å²) in [4.78, 5) is 20.9. The van der Waals surface area contributed by atoms with E-state index in [1.54, 1.807) is 7.11 Å². The monoisotopic (exact) mass is 303 g/mol. The lowest BCUT2D eigenvalue weighted by Gasteiger charge is -2.46. The number of methoxy groups -OCH3 is 1. The van der Waals surface area contributed by atoms with E-state index in [1.807, 2.05) is 12.4 Å². The molecule has 2 aliphatic rings. The molecular formula is C17H25N3O2. The second-order valence-corrected chi connectivity index (χ2v) is 6.43. The smallest absolute Gasteiger partial charge is 0.223 e. The molecule has 1 unspecified atom stereocenters. The summed E-state index contributed by atoms with van der Waals surface area (Å²) in [7, 11) is 1.70. The highest BCUT2D eigenvalue weighted by Gasteiger charge is 2.47. The van der Waals surface area contributed by atoms with Crippen molar-refractivity contribution in [1.29, 1.82) is 0 Å². The Kier molecular flexibility index (Phi) is 4.74. The molecule has 5 nitrogen and oxygen atoms in total. The zero-order chi connectivity index (χ0) is 15.4. The molecule has 120 valence electrons. The summed E-state index contributed by atoms with van der Waals surface area (Å²) in [5.41, 5.74) is 1.32. The van der Waals surface area contributed by atoms with Crippen LogP contribution in [0.2, 0.25) is 0 Å². The first-order valence-corrected chi connectivity index (χ1v) is 8.14. The van der Waals surface area contributed by atoms with Crippen LogP contribution in [-0.2, 0) is 16.1 Å². The number of nitrogens with zero attached hydrogens (tertiary/aromatic N) is 3. The number of likely N-dealkylation sites (tertiary alicyclic amines) is 2. The summed E-state index contributed by atoms with van der Waals surface area (Å²) in [6, 6.07) is 4.15. The second kappa shape index (κ2) is 6.75. The summed E-state index contributed by atoms with van der Waals surface area (Å²) in [6.07, 6.45) is 7.64. The van der Waals surface area contributed by atoms with Gasteiger partial charge in [-0.15, -0.1) is 0 Å². The quantitative estimate of drug-likeness (QED) is 0.830. The fourth-order valence-electron chi connectivity index (χ4n) is 3.93. The van der Waals surface area contributed by atoms with Gasteiger partial charge in [0.25, 0.3) is 0 Å². The van der Waals surface area contributed by atoms with Gasteiger partial charge >= 0.3 is 0 Å². The third kappa shape index (κ3) is 3.15. The molecule has 1 spiro atoms. The number of ether oxygens (including phenoxy) is 1. The van der Waals surface area contributed by atoms with Crippen LogP contribution in [0.25, 0.3) is 0 Å². The average molecular weight is 303 g/mol. The van der Waals surface area contributed by atoms with Crippen LogP contribution in [0, 0.1) is 0 Å². The predicted octanol–water partition coefficient (Wildman–Crippen LogP) is 1.68. The van der Waals surface area contributed by atoms with Crippen LogP contribution in [0.4, 0.5) is 0 Å². The highest BCUT2D eigenvalue weighted by molar-refractivity contribution is 5.79. The molecule has 3 heterocycles. The highest BCUT2D eigenvalue weighted by atomic mass is 16.5. The number of carbonyl (C=O) groups is 1. The molecule has 2 fully saturated rings. The average Bonchev–Trinajstić information content (AvgIpc) is 2.82. The summed E-state index contributed by atoms with van der Waals surface area (Å²) >= 11 is 0. The molecule has 0 aliphatic carbocycles. The van der Waals surface area contributed by atoms with E-state index in [-0.39, 0.29) is 5.54 Å². The van der Waals surface area contributed by atoms with Crippen molar-refractivity contribution in [3.8, 4) is 0 Å². The van der Waals surface area contributed by atoms with Crippen LogP contribution in [0.3, 0.4) is 0 Å². The normalized spacial score (nSPS) is 26.0. The first-order chi connectivity index (χ1) is 10.7. The Morgan fingerprint density at radius 1 is 1.32 bits per heavy atom. The SMILES string of the molecule is COCCN1C(=O)CCC12CCCN(Cc1ccncc1)C2. The first-order valence-electron chi connectivity index (χ1n) is 8.14. The van der Waals surface area contributed by atoms with Crippen LogP contribution in [0.5, 0.6) is 0 Å². The van der Waals surface area contributed by atoms with Gasteiger partial charge < -0.3 is 9.64 Å². The van der Waals surface area contributed by atoms with Gasteiger partial charge in [-0.05, 0) is 43.5 Å². The minimum atomic E-state index is 0.0287. The van der Waals surface area contributed by atoms with E-state index >= 15 is 0 Å². The zero-order valence-electron chi connectivity index (χ0n) is 13.3. The lowest BCUT2D eigenvalue weighted by atomic mass is 9.86. The number of carbonyl (C=O) groups excluding carboxylic acids is 1. The van der Waals surface area contributed by atoms with E-state index in [0.29, 0.717) is 18.9 Å². The van der Waals surface area contributed by atoms with E-state index in [9.17, 15) is 4.79 Å². The summed E-state index contributed by atoms with van der Waals surface area (Å²) in [5.74, 6) is 0.294. The lowest BCUT2D eigenvalue weighted by molar-refractivity contribution is -0.133. The van der Waals surface area contributed by atoms with E-state index < -0.39 is 0 Å². The molecular weight excluding hydrogens is 278 g/mol. The number of amides is 1. The Hall–Kier alpha value is -1.46.